The maximum absolute atomic E-state index is 12.1. The first-order valence-corrected chi connectivity index (χ1v) is 9.55. The van der Waals surface area contributed by atoms with Crippen LogP contribution >= 0.6 is 0 Å². The fourth-order valence-electron chi connectivity index (χ4n) is 3.23. The standard InChI is InChI=1S/C22H24O10/c1-21(2,20(24)29-4)11-31-17-14(7-8-16(18(17)28-3)32-22(25,26)27)12-5-6-15-13(9-12)10-30-19(15)23/h5-9,25-27H,10-11H2,1-4H3. The maximum Gasteiger partial charge on any atom is 0.453 e. The number of hydrogen-bond acceptors (Lipinski definition) is 10. The minimum atomic E-state index is -3.46. The number of esters is 2. The van der Waals surface area contributed by atoms with Gasteiger partial charge in [-0.25, -0.2) is 4.79 Å². The summed E-state index contributed by atoms with van der Waals surface area (Å²) < 4.78 is 25.9. The van der Waals surface area contributed by atoms with Crippen molar-refractivity contribution in [1.82, 2.24) is 0 Å². The number of methoxy groups -OCH3 is 2. The summed E-state index contributed by atoms with van der Waals surface area (Å²) in [5, 5.41) is 27.7. The van der Waals surface area contributed by atoms with Gasteiger partial charge in [0.25, 0.3) is 0 Å². The molecule has 0 saturated carbocycles. The average Bonchev–Trinajstić information content (AvgIpc) is 3.10. The minimum absolute atomic E-state index is 0.0579. The van der Waals surface area contributed by atoms with Crippen molar-refractivity contribution in [3.8, 4) is 28.4 Å². The Kier molecular flexibility index (Phi) is 6.31. The van der Waals surface area contributed by atoms with Gasteiger partial charge in [-0.05, 0) is 43.7 Å². The second kappa shape index (κ2) is 8.65. The van der Waals surface area contributed by atoms with Gasteiger partial charge in [0, 0.05) is 11.1 Å². The van der Waals surface area contributed by atoms with Crippen LogP contribution in [0, 0.1) is 5.41 Å². The molecular weight excluding hydrogens is 424 g/mol. The molecule has 0 amide bonds. The summed E-state index contributed by atoms with van der Waals surface area (Å²) in [5.41, 5.74) is 1.26. The monoisotopic (exact) mass is 448 g/mol. The van der Waals surface area contributed by atoms with E-state index in [1.165, 1.54) is 20.3 Å². The molecule has 0 atom stereocenters. The summed E-state index contributed by atoms with van der Waals surface area (Å²) in [4.78, 5) is 23.8. The largest absolute Gasteiger partial charge is 0.490 e. The molecule has 10 heteroatoms. The number of cyclic esters (lactones) is 1. The second-order valence-electron chi connectivity index (χ2n) is 7.76. The van der Waals surface area contributed by atoms with Crippen LogP contribution in [0.4, 0.5) is 0 Å². The summed E-state index contributed by atoms with van der Waals surface area (Å²) in [7, 11) is 2.56. The fourth-order valence-corrected chi connectivity index (χ4v) is 3.23. The number of aliphatic hydroxyl groups is 3. The van der Waals surface area contributed by atoms with Crippen LogP contribution in [0.5, 0.6) is 17.2 Å². The zero-order chi connectivity index (χ0) is 23.7. The van der Waals surface area contributed by atoms with Crippen LogP contribution in [0.1, 0.15) is 29.8 Å². The van der Waals surface area contributed by atoms with E-state index in [1.54, 1.807) is 38.1 Å². The van der Waals surface area contributed by atoms with Crippen LogP contribution in [0.2, 0.25) is 0 Å². The summed E-state index contributed by atoms with van der Waals surface area (Å²) in [6.45, 7) is 3.27. The molecule has 0 aliphatic carbocycles. The third-order valence-electron chi connectivity index (χ3n) is 4.84. The van der Waals surface area contributed by atoms with E-state index in [2.05, 4.69) is 0 Å². The molecule has 0 bridgehead atoms. The number of benzene rings is 2. The Balaban J connectivity index is 2.10. The van der Waals surface area contributed by atoms with Gasteiger partial charge in [-0.15, -0.1) is 0 Å². The highest BCUT2D eigenvalue weighted by atomic mass is 16.9. The normalized spacial score (nSPS) is 13.3. The Hall–Kier alpha value is -3.34. The highest BCUT2D eigenvalue weighted by molar-refractivity contribution is 5.94. The molecule has 2 aromatic carbocycles. The summed E-state index contributed by atoms with van der Waals surface area (Å²) >= 11 is 0. The van der Waals surface area contributed by atoms with Crippen LogP contribution < -0.4 is 14.2 Å². The molecule has 0 radical (unpaired) electrons. The third kappa shape index (κ3) is 4.77. The van der Waals surface area contributed by atoms with Gasteiger partial charge in [0.05, 0.1) is 25.2 Å². The van der Waals surface area contributed by atoms with Crippen molar-refractivity contribution in [3.05, 3.63) is 41.5 Å². The minimum Gasteiger partial charge on any atom is -0.490 e. The van der Waals surface area contributed by atoms with E-state index in [-0.39, 0.29) is 30.5 Å². The maximum atomic E-state index is 12.1. The van der Waals surface area contributed by atoms with Gasteiger partial charge in [-0.1, -0.05) is 6.07 Å². The second-order valence-corrected chi connectivity index (χ2v) is 7.76. The van der Waals surface area contributed by atoms with Crippen molar-refractivity contribution in [2.24, 2.45) is 5.41 Å². The van der Waals surface area contributed by atoms with E-state index in [9.17, 15) is 24.9 Å². The Morgan fingerprint density at radius 1 is 1.06 bits per heavy atom. The summed E-state index contributed by atoms with van der Waals surface area (Å²) in [5.74, 6) is -1.09. The molecular formula is C22H24O10. The van der Waals surface area contributed by atoms with Crippen LogP contribution in [-0.4, -0.2) is 54.2 Å². The van der Waals surface area contributed by atoms with Gasteiger partial charge in [-0.2, -0.15) is 0 Å². The Morgan fingerprint density at radius 2 is 1.75 bits per heavy atom. The molecule has 0 spiro atoms. The fraction of sp³-hybridized carbons (Fsp3) is 0.364. The highest BCUT2D eigenvalue weighted by Crippen LogP contribution is 2.46. The lowest BCUT2D eigenvalue weighted by Crippen LogP contribution is -2.35. The Morgan fingerprint density at radius 3 is 2.38 bits per heavy atom. The smallest absolute Gasteiger partial charge is 0.453 e. The van der Waals surface area contributed by atoms with E-state index < -0.39 is 23.5 Å². The molecule has 1 heterocycles. The molecule has 2 aromatic rings. The average molecular weight is 448 g/mol. The van der Waals surface area contributed by atoms with Gasteiger partial charge >= 0.3 is 18.1 Å². The highest BCUT2D eigenvalue weighted by Gasteiger charge is 2.32. The number of carbonyl (C=O) groups excluding carboxylic acids is 2. The quantitative estimate of drug-likeness (QED) is 0.402. The van der Waals surface area contributed by atoms with Crippen molar-refractivity contribution in [2.75, 3.05) is 20.8 Å². The molecule has 172 valence electrons. The summed E-state index contributed by atoms with van der Waals surface area (Å²) in [6.07, 6.45) is -3.46. The first-order chi connectivity index (χ1) is 15.0. The zero-order valence-electron chi connectivity index (χ0n) is 18.0. The van der Waals surface area contributed by atoms with Gasteiger partial charge in [0.1, 0.15) is 13.2 Å². The van der Waals surface area contributed by atoms with Gasteiger partial charge in [0.15, 0.2) is 11.5 Å². The zero-order valence-corrected chi connectivity index (χ0v) is 18.0. The van der Waals surface area contributed by atoms with Crippen LogP contribution in [0.25, 0.3) is 11.1 Å². The first-order valence-electron chi connectivity index (χ1n) is 9.55. The molecule has 0 saturated heterocycles. The number of hydrogen-bond donors (Lipinski definition) is 3. The predicted molar refractivity (Wildman–Crippen MR) is 109 cm³/mol. The van der Waals surface area contributed by atoms with E-state index in [4.69, 9.17) is 23.7 Å². The molecule has 0 aromatic heterocycles. The summed E-state index contributed by atoms with van der Waals surface area (Å²) in [6, 6.07) is 7.96. The van der Waals surface area contributed by atoms with Crippen molar-refractivity contribution in [3.63, 3.8) is 0 Å². The molecule has 32 heavy (non-hydrogen) atoms. The van der Waals surface area contributed by atoms with Gasteiger partial charge in [0.2, 0.25) is 5.75 Å². The molecule has 3 N–H and O–H groups in total. The number of ether oxygens (including phenoxy) is 5. The topological polar surface area (TPSA) is 141 Å². The lowest BCUT2D eigenvalue weighted by molar-refractivity contribution is -0.419. The predicted octanol–water partition coefficient (Wildman–Crippen LogP) is 1.58. The van der Waals surface area contributed by atoms with Crippen molar-refractivity contribution >= 4 is 11.9 Å². The Bertz CT molecular complexity index is 1040. The first kappa shape index (κ1) is 23.3. The third-order valence-corrected chi connectivity index (χ3v) is 4.84. The number of carbonyl (C=O) groups is 2. The van der Waals surface area contributed by atoms with E-state index in [0.717, 1.165) is 0 Å². The molecule has 10 nitrogen and oxygen atoms in total. The van der Waals surface area contributed by atoms with Crippen molar-refractivity contribution < 1.29 is 48.6 Å². The van der Waals surface area contributed by atoms with Gasteiger partial charge in [-0.3, -0.25) is 4.79 Å². The lowest BCUT2D eigenvalue weighted by atomic mass is 9.95. The molecule has 0 unspecified atom stereocenters. The van der Waals surface area contributed by atoms with Crippen LogP contribution in [0.3, 0.4) is 0 Å². The van der Waals surface area contributed by atoms with E-state index in [1.807, 2.05) is 0 Å². The van der Waals surface area contributed by atoms with Crippen LogP contribution in [-0.2, 0) is 20.9 Å². The molecule has 0 fully saturated rings. The Labute approximate surface area is 183 Å². The molecule has 3 rings (SSSR count). The lowest BCUT2D eigenvalue weighted by Gasteiger charge is -2.25. The van der Waals surface area contributed by atoms with E-state index >= 15 is 0 Å². The number of rotatable bonds is 8. The van der Waals surface area contributed by atoms with E-state index in [0.29, 0.717) is 22.3 Å². The molecule has 1 aliphatic heterocycles. The number of fused-ring (bicyclic) bond motifs is 1. The molecule has 1 aliphatic rings. The van der Waals surface area contributed by atoms with Gasteiger partial charge < -0.3 is 39.0 Å². The van der Waals surface area contributed by atoms with Crippen molar-refractivity contribution in [2.45, 2.75) is 26.6 Å². The SMILES string of the molecule is COC(=O)C(C)(C)COc1c(-c2ccc3c(c2)COC3=O)ccc(OC(O)(O)O)c1OC. The van der Waals surface area contributed by atoms with Crippen molar-refractivity contribution in [1.29, 1.82) is 0 Å². The van der Waals surface area contributed by atoms with Crippen LogP contribution in [0.15, 0.2) is 30.3 Å².